The highest BCUT2D eigenvalue weighted by Gasteiger charge is 2.29. The number of likely N-dealkylation sites (tertiary alicyclic amines) is 1. The molecule has 1 aromatic carbocycles. The van der Waals surface area contributed by atoms with Gasteiger partial charge in [0, 0.05) is 18.5 Å². The molecule has 1 aliphatic carbocycles. The van der Waals surface area contributed by atoms with Gasteiger partial charge in [-0.05, 0) is 56.5 Å². The second kappa shape index (κ2) is 8.77. The maximum Gasteiger partial charge on any atom is 0.223 e. The van der Waals surface area contributed by atoms with Crippen molar-refractivity contribution in [3.8, 4) is 0 Å². The molecule has 138 valence electrons. The second-order valence-electron chi connectivity index (χ2n) is 7.42. The number of carbonyl (C=O) groups is 1. The summed E-state index contributed by atoms with van der Waals surface area (Å²) < 4.78 is 13.2. The zero-order valence-corrected chi connectivity index (χ0v) is 14.8. The summed E-state index contributed by atoms with van der Waals surface area (Å²) in [7, 11) is 0. The molecule has 4 nitrogen and oxygen atoms in total. The number of benzene rings is 1. The van der Waals surface area contributed by atoms with Crippen LogP contribution < -0.4 is 5.32 Å². The average Bonchev–Trinajstić information content (AvgIpc) is 2.66. The van der Waals surface area contributed by atoms with Gasteiger partial charge in [0.25, 0.3) is 0 Å². The smallest absolute Gasteiger partial charge is 0.223 e. The van der Waals surface area contributed by atoms with Gasteiger partial charge < -0.3 is 15.3 Å². The van der Waals surface area contributed by atoms with Gasteiger partial charge in [-0.3, -0.25) is 4.79 Å². The normalized spacial score (nSPS) is 21.8. The Balaban J connectivity index is 1.42. The number of aliphatic hydroxyl groups excluding tert-OH is 1. The van der Waals surface area contributed by atoms with E-state index < -0.39 is 6.10 Å². The molecule has 1 saturated heterocycles. The second-order valence-corrected chi connectivity index (χ2v) is 7.42. The number of nitrogens with one attached hydrogen (secondary N) is 1. The molecule has 1 atom stereocenters. The summed E-state index contributed by atoms with van der Waals surface area (Å²) in [4.78, 5) is 14.9. The minimum atomic E-state index is -0.873. The highest BCUT2D eigenvalue weighted by molar-refractivity contribution is 5.78. The van der Waals surface area contributed by atoms with E-state index in [9.17, 15) is 14.3 Å². The van der Waals surface area contributed by atoms with Gasteiger partial charge in [-0.15, -0.1) is 0 Å². The van der Waals surface area contributed by atoms with Gasteiger partial charge in [0.2, 0.25) is 5.91 Å². The lowest BCUT2D eigenvalue weighted by Crippen LogP contribution is -2.45. The molecule has 1 heterocycles. The quantitative estimate of drug-likeness (QED) is 0.860. The zero-order valence-electron chi connectivity index (χ0n) is 14.8. The Bertz CT molecular complexity index is 567. The monoisotopic (exact) mass is 348 g/mol. The lowest BCUT2D eigenvalue weighted by atomic mass is 9.90. The Labute approximate surface area is 149 Å². The minimum absolute atomic E-state index is 0.0127. The number of rotatable bonds is 5. The molecule has 1 saturated carbocycles. The van der Waals surface area contributed by atoms with Gasteiger partial charge in [-0.1, -0.05) is 31.4 Å². The van der Waals surface area contributed by atoms with Crippen molar-refractivity contribution in [3.05, 3.63) is 35.6 Å². The summed E-state index contributed by atoms with van der Waals surface area (Å²) >= 11 is 0. The average molecular weight is 348 g/mol. The van der Waals surface area contributed by atoms with Crippen LogP contribution in [0.4, 0.5) is 4.39 Å². The molecule has 0 aromatic heterocycles. The Kier molecular flexibility index (Phi) is 6.43. The van der Waals surface area contributed by atoms with Crippen LogP contribution in [0.15, 0.2) is 24.3 Å². The first-order valence-electron chi connectivity index (χ1n) is 9.59. The van der Waals surface area contributed by atoms with E-state index in [1.807, 2.05) is 0 Å². The van der Waals surface area contributed by atoms with E-state index in [0.29, 0.717) is 11.6 Å². The van der Waals surface area contributed by atoms with E-state index in [-0.39, 0.29) is 24.2 Å². The summed E-state index contributed by atoms with van der Waals surface area (Å²) in [5.74, 6) is -0.337. The highest BCUT2D eigenvalue weighted by Crippen LogP contribution is 2.27. The van der Waals surface area contributed by atoms with Crippen molar-refractivity contribution in [2.75, 3.05) is 19.6 Å². The lowest BCUT2D eigenvalue weighted by molar-refractivity contribution is -0.127. The molecule has 3 rings (SSSR count). The van der Waals surface area contributed by atoms with Crippen LogP contribution in [-0.4, -0.2) is 41.6 Å². The topological polar surface area (TPSA) is 52.6 Å². The standard InChI is InChI=1S/C20H29FN2O2/c21-17-6-4-5-16(13-17)19(24)14-22-20(25)15-9-11-23(12-10-15)18-7-2-1-3-8-18/h4-6,13,15,18-19,24H,1-3,7-12,14H2,(H,22,25)/t19-/m1/s1. The first-order chi connectivity index (χ1) is 12.1. The number of piperidine rings is 1. The van der Waals surface area contributed by atoms with Crippen molar-refractivity contribution in [2.45, 2.75) is 57.1 Å². The van der Waals surface area contributed by atoms with E-state index in [1.165, 1.54) is 44.2 Å². The van der Waals surface area contributed by atoms with Gasteiger partial charge in [-0.2, -0.15) is 0 Å². The fourth-order valence-electron chi connectivity index (χ4n) is 4.15. The molecule has 1 aliphatic heterocycles. The first kappa shape index (κ1) is 18.3. The van der Waals surface area contributed by atoms with Crippen LogP contribution in [0.5, 0.6) is 0 Å². The molecular formula is C20H29FN2O2. The molecule has 0 bridgehead atoms. The van der Waals surface area contributed by atoms with Crippen LogP contribution in [0.25, 0.3) is 0 Å². The summed E-state index contributed by atoms with van der Waals surface area (Å²) in [6.07, 6.45) is 7.54. The van der Waals surface area contributed by atoms with E-state index in [4.69, 9.17) is 0 Å². The maximum absolute atomic E-state index is 13.2. The van der Waals surface area contributed by atoms with E-state index in [2.05, 4.69) is 10.2 Å². The van der Waals surface area contributed by atoms with Crippen molar-refractivity contribution in [3.63, 3.8) is 0 Å². The third-order valence-electron chi connectivity index (χ3n) is 5.69. The predicted octanol–water partition coefficient (Wildman–Crippen LogP) is 3.02. The zero-order chi connectivity index (χ0) is 17.6. The van der Waals surface area contributed by atoms with Gasteiger partial charge in [-0.25, -0.2) is 4.39 Å². The van der Waals surface area contributed by atoms with Crippen LogP contribution in [0.2, 0.25) is 0 Å². The van der Waals surface area contributed by atoms with Crippen LogP contribution >= 0.6 is 0 Å². The molecule has 1 amide bonds. The van der Waals surface area contributed by atoms with Gasteiger partial charge in [0.15, 0.2) is 0 Å². The molecule has 2 N–H and O–H groups in total. The molecule has 0 spiro atoms. The number of hydrogen-bond donors (Lipinski definition) is 2. The minimum Gasteiger partial charge on any atom is -0.387 e. The molecule has 0 unspecified atom stereocenters. The molecular weight excluding hydrogens is 319 g/mol. The number of aliphatic hydroxyl groups is 1. The SMILES string of the molecule is O=C(NC[C@@H](O)c1cccc(F)c1)C1CCN(C2CCCCC2)CC1. The number of halogens is 1. The Morgan fingerprint density at radius 1 is 1.20 bits per heavy atom. The predicted molar refractivity (Wildman–Crippen MR) is 95.5 cm³/mol. The summed E-state index contributed by atoms with van der Waals surface area (Å²) in [6, 6.07) is 6.60. The van der Waals surface area contributed by atoms with Crippen LogP contribution in [-0.2, 0) is 4.79 Å². The number of carbonyl (C=O) groups excluding carboxylic acids is 1. The summed E-state index contributed by atoms with van der Waals surface area (Å²) in [5.41, 5.74) is 0.493. The van der Waals surface area contributed by atoms with Crippen molar-refractivity contribution in [1.82, 2.24) is 10.2 Å². The maximum atomic E-state index is 13.2. The first-order valence-corrected chi connectivity index (χ1v) is 9.59. The van der Waals surface area contributed by atoms with E-state index in [1.54, 1.807) is 12.1 Å². The number of hydrogen-bond acceptors (Lipinski definition) is 3. The van der Waals surface area contributed by atoms with Gasteiger partial charge in [0.1, 0.15) is 5.82 Å². The molecule has 25 heavy (non-hydrogen) atoms. The third kappa shape index (κ3) is 5.02. The molecule has 1 aromatic rings. The van der Waals surface area contributed by atoms with Gasteiger partial charge in [0.05, 0.1) is 6.10 Å². The Hall–Kier alpha value is -1.46. The molecule has 2 fully saturated rings. The molecule has 5 heteroatoms. The van der Waals surface area contributed by atoms with Crippen molar-refractivity contribution in [2.24, 2.45) is 5.92 Å². The lowest BCUT2D eigenvalue weighted by Gasteiger charge is -2.39. The Morgan fingerprint density at radius 2 is 1.92 bits per heavy atom. The summed E-state index contributed by atoms with van der Waals surface area (Å²) in [6.45, 7) is 2.12. The van der Waals surface area contributed by atoms with Crippen LogP contribution in [0.3, 0.4) is 0 Å². The number of nitrogens with zero attached hydrogens (tertiary/aromatic N) is 1. The molecule has 0 radical (unpaired) electrons. The van der Waals surface area contributed by atoms with E-state index >= 15 is 0 Å². The fraction of sp³-hybridized carbons (Fsp3) is 0.650. The van der Waals surface area contributed by atoms with E-state index in [0.717, 1.165) is 25.9 Å². The summed E-state index contributed by atoms with van der Waals surface area (Å²) in [5, 5.41) is 12.9. The van der Waals surface area contributed by atoms with Crippen molar-refractivity contribution in [1.29, 1.82) is 0 Å². The highest BCUT2D eigenvalue weighted by atomic mass is 19.1. The van der Waals surface area contributed by atoms with Crippen LogP contribution in [0.1, 0.15) is 56.6 Å². The van der Waals surface area contributed by atoms with Gasteiger partial charge >= 0.3 is 0 Å². The largest absolute Gasteiger partial charge is 0.387 e. The van der Waals surface area contributed by atoms with Crippen molar-refractivity contribution >= 4 is 5.91 Å². The third-order valence-corrected chi connectivity index (χ3v) is 5.69. The van der Waals surface area contributed by atoms with Crippen molar-refractivity contribution < 1.29 is 14.3 Å². The Morgan fingerprint density at radius 3 is 2.60 bits per heavy atom. The fourth-order valence-corrected chi connectivity index (χ4v) is 4.15. The van der Waals surface area contributed by atoms with Crippen LogP contribution in [0, 0.1) is 11.7 Å². The molecule has 2 aliphatic rings. The number of amides is 1.